The minimum Gasteiger partial charge on any atom is -0.495 e. The molecular weight excluding hydrogens is 1720 g/mol. The first kappa shape index (κ1) is 101. The summed E-state index contributed by atoms with van der Waals surface area (Å²) in [6.07, 6.45) is 25.5. The standard InChI is InChI=1S/C30H36N4O2.C29H34N4O2.C29H34N4O.C27H30N4O2/c1-18(2)21(5)34-11-10-25(19(3)16-34)26-17-33(6)30-29(26)20(4)24(15-32-30)13-27(35)22-8-9-28(36-7)23(12-22)14-31;1-18(2)20(4)33-11-9-21(10-12-33)25-17-32(5)29-28(25)19(3)24(16-31-29)14-26(34)22-7-8-27(35-6)23(13-22)15-30;1-19(2)13-20(3)33-11-9-23(10-12-33)26-18-32(5)29-28(26)21(4)25(17-31-29)15-27(34)24-8-6-7-22(14-24)16-30;1-17(2)27(33)31-10-8-20(9-11-31)23-16-30(4)26-25(23)18(3)22(15-29-26)13-24(32)21-7-5-6-19(12-21)14-28/h8-9,12,15,17-19,25H,5,10-11,13,16H2,1-4,6-7H3;7-8,13,16-18,21H,4,9-12,14H2,1-3,5-6H3;6-8,14,17-19,23H,3,9-13,15H2,1-2,4-5H3;5-7,12,15-17,20H,8-11,13H2,1-4H3/t19-,25+;;;/m0.../s1. The van der Waals surface area contributed by atoms with E-state index in [1.807, 2.05) is 58.5 Å². The van der Waals surface area contributed by atoms with E-state index < -0.39 is 0 Å². The number of likely N-dealkylation sites (tertiary alicyclic amines) is 4. The molecule has 4 aliphatic heterocycles. The summed E-state index contributed by atoms with van der Waals surface area (Å²) in [5, 5.41) is 41.7. The Morgan fingerprint density at radius 2 is 0.725 bits per heavy atom. The summed E-state index contributed by atoms with van der Waals surface area (Å²) in [6.45, 7) is 48.5. The fourth-order valence-electron chi connectivity index (χ4n) is 20.7. The molecule has 4 saturated heterocycles. The summed E-state index contributed by atoms with van der Waals surface area (Å²) in [5.41, 5.74) is 24.8. The van der Waals surface area contributed by atoms with Gasteiger partial charge in [-0.1, -0.05) is 106 Å². The number of ether oxygens (including phenoxy) is 2. The lowest BCUT2D eigenvalue weighted by Gasteiger charge is -2.40. The highest BCUT2D eigenvalue weighted by Gasteiger charge is 2.35. The number of hydrogen-bond donors (Lipinski definition) is 0. The van der Waals surface area contributed by atoms with E-state index in [1.165, 1.54) is 69.7 Å². The number of Topliss-reactive ketones (excluding diaryl/α,β-unsaturated/α-hetero) is 4. The number of hydrogen-bond acceptors (Lipinski definition) is 18. The van der Waals surface area contributed by atoms with Gasteiger partial charge in [0.2, 0.25) is 5.91 Å². The van der Waals surface area contributed by atoms with Gasteiger partial charge in [-0.15, -0.1) is 0 Å². The average molecular weight is 1850 g/mol. The number of carbonyl (C=O) groups is 5. The normalized spacial score (nSPS) is 15.4. The second-order valence-corrected chi connectivity index (χ2v) is 39.6. The van der Waals surface area contributed by atoms with Crippen LogP contribution in [-0.4, -0.2) is 153 Å². The first-order valence-electron chi connectivity index (χ1n) is 48.6. The average Bonchev–Trinajstić information content (AvgIpc) is 1.60. The Balaban J connectivity index is 0.000000155. The van der Waals surface area contributed by atoms with Crippen molar-refractivity contribution in [2.24, 2.45) is 57.8 Å². The summed E-state index contributed by atoms with van der Waals surface area (Å²) in [7, 11) is 11.2. The Labute approximate surface area is 814 Å². The number of nitriles is 4. The van der Waals surface area contributed by atoms with Crippen molar-refractivity contribution in [2.75, 3.05) is 66.6 Å². The molecule has 0 spiro atoms. The molecule has 0 N–H and O–H groups in total. The number of fused-ring (bicyclic) bond motifs is 4. The number of nitrogens with zero attached hydrogens (tertiary/aromatic N) is 16. The van der Waals surface area contributed by atoms with E-state index in [2.05, 4.69) is 185 Å². The molecule has 716 valence electrons. The van der Waals surface area contributed by atoms with Crippen LogP contribution in [0, 0.1) is 103 Å². The van der Waals surface area contributed by atoms with Crippen molar-refractivity contribution in [1.82, 2.24) is 57.8 Å². The fraction of sp³-hybridized carbons (Fsp3) is 0.417. The number of piperidine rings is 4. The van der Waals surface area contributed by atoms with Gasteiger partial charge in [-0.2, -0.15) is 21.0 Å². The highest BCUT2D eigenvalue weighted by molar-refractivity contribution is 6.02. The van der Waals surface area contributed by atoms with Gasteiger partial charge in [0.1, 0.15) is 46.2 Å². The maximum Gasteiger partial charge on any atom is 0.225 e. The number of rotatable bonds is 26. The van der Waals surface area contributed by atoms with E-state index in [0.717, 1.165) is 176 Å². The zero-order chi connectivity index (χ0) is 99.5. The summed E-state index contributed by atoms with van der Waals surface area (Å²) in [4.78, 5) is 92.8. The van der Waals surface area contributed by atoms with Crippen molar-refractivity contribution in [3.63, 3.8) is 0 Å². The van der Waals surface area contributed by atoms with Crippen molar-refractivity contribution in [1.29, 1.82) is 21.0 Å². The predicted molar refractivity (Wildman–Crippen MR) is 547 cm³/mol. The Bertz CT molecular complexity index is 6830. The van der Waals surface area contributed by atoms with E-state index in [9.17, 15) is 34.5 Å². The van der Waals surface area contributed by atoms with Crippen LogP contribution < -0.4 is 9.47 Å². The minimum atomic E-state index is -0.0373. The second kappa shape index (κ2) is 44.4. The molecule has 12 heterocycles. The van der Waals surface area contributed by atoms with Crippen LogP contribution in [0.1, 0.15) is 268 Å². The van der Waals surface area contributed by atoms with Gasteiger partial charge in [0.25, 0.3) is 0 Å². The summed E-state index contributed by atoms with van der Waals surface area (Å²) in [6, 6.07) is 32.2. The third kappa shape index (κ3) is 22.3. The number of aromatic nitrogens is 8. The third-order valence-corrected chi connectivity index (χ3v) is 29.0. The highest BCUT2D eigenvalue weighted by atomic mass is 16.5. The van der Waals surface area contributed by atoms with E-state index in [0.29, 0.717) is 103 Å². The predicted octanol–water partition coefficient (Wildman–Crippen LogP) is 21.8. The van der Waals surface area contributed by atoms with Crippen molar-refractivity contribution >= 4 is 73.2 Å². The van der Waals surface area contributed by atoms with Gasteiger partial charge in [-0.3, -0.25) is 24.0 Å². The van der Waals surface area contributed by atoms with Crippen molar-refractivity contribution in [3.05, 3.63) is 283 Å². The van der Waals surface area contributed by atoms with E-state index >= 15 is 0 Å². The zero-order valence-electron chi connectivity index (χ0n) is 84.2. The molecule has 23 heteroatoms. The molecule has 4 aliphatic rings. The van der Waals surface area contributed by atoms with Crippen molar-refractivity contribution in [2.45, 2.75) is 191 Å². The van der Waals surface area contributed by atoms with E-state index in [-0.39, 0.29) is 60.6 Å². The molecule has 0 saturated carbocycles. The number of aryl methyl sites for hydroxylation is 8. The highest BCUT2D eigenvalue weighted by Crippen LogP contribution is 2.44. The fourth-order valence-corrected chi connectivity index (χ4v) is 20.7. The van der Waals surface area contributed by atoms with Gasteiger partial charge in [0.05, 0.1) is 48.6 Å². The van der Waals surface area contributed by atoms with E-state index in [4.69, 9.17) is 39.9 Å². The molecule has 1 amide bonds. The molecule has 23 nitrogen and oxygen atoms in total. The molecule has 0 unspecified atom stereocenters. The SMILES string of the molecule is C=C(C(C)C)N1CCC(c2cn(C)c3ncc(CC(=O)c4ccc(OC)c(C#N)c4)c(C)c23)CC1.C=C(C(C)C)N1CC[C@@H](c2cn(C)c3ncc(CC(=O)c4ccc(OC)c(C#N)c4)c(C)c23)[C@@H](C)C1.C=C(CC(C)C)N1CCC(c2cn(C)c3ncc(CC(=O)c4cccc(C#N)c4)c(C)c23)CC1.Cc1c(CC(=O)c2cccc(C#N)c2)cnc2c1c(C1CCN(C(=O)C(C)C)CC1)cn2C. The molecule has 16 rings (SSSR count). The second-order valence-electron chi connectivity index (χ2n) is 39.6. The maximum absolute atomic E-state index is 13.2. The lowest BCUT2D eigenvalue weighted by Crippen LogP contribution is -2.40. The Hall–Kier alpha value is -14.0. The monoisotopic (exact) mass is 1850 g/mol. The van der Waals surface area contributed by atoms with Gasteiger partial charge < -0.3 is 47.3 Å². The number of methoxy groups -OCH3 is 2. The zero-order valence-corrected chi connectivity index (χ0v) is 84.2. The largest absolute Gasteiger partial charge is 0.495 e. The van der Waals surface area contributed by atoms with Crippen LogP contribution >= 0.6 is 0 Å². The number of carbonyl (C=O) groups excluding carboxylic acids is 5. The van der Waals surface area contributed by atoms with Crippen LogP contribution in [-0.2, 0) is 58.7 Å². The first-order chi connectivity index (χ1) is 66.0. The number of ketones is 4. The number of benzene rings is 4. The van der Waals surface area contributed by atoms with Crippen molar-refractivity contribution < 1.29 is 33.4 Å². The van der Waals surface area contributed by atoms with E-state index in [1.54, 1.807) is 91.1 Å². The maximum atomic E-state index is 13.2. The molecule has 4 fully saturated rings. The van der Waals surface area contributed by atoms with Crippen LogP contribution in [0.2, 0.25) is 0 Å². The molecule has 0 bridgehead atoms. The van der Waals surface area contributed by atoms with Gasteiger partial charge in [-0.05, 0) is 254 Å². The lowest BCUT2D eigenvalue weighted by molar-refractivity contribution is -0.135. The summed E-state index contributed by atoms with van der Waals surface area (Å²) < 4.78 is 18.8. The van der Waals surface area contributed by atoms with Crippen LogP contribution in [0.3, 0.4) is 0 Å². The summed E-state index contributed by atoms with van der Waals surface area (Å²) in [5.74, 6) is 4.87. The smallest absolute Gasteiger partial charge is 0.225 e. The molecular formula is C115H134N16O7. The topological polar surface area (TPSA) is 283 Å². The van der Waals surface area contributed by atoms with Crippen LogP contribution in [0.15, 0.2) is 171 Å². The van der Waals surface area contributed by atoms with Gasteiger partial charge in [0, 0.05) is 223 Å². The molecule has 0 radical (unpaired) electrons. The molecule has 12 aromatic rings. The Kier molecular flexibility index (Phi) is 32.6. The molecule has 0 aliphatic carbocycles. The summed E-state index contributed by atoms with van der Waals surface area (Å²) >= 11 is 0. The van der Waals surface area contributed by atoms with Crippen LogP contribution in [0.4, 0.5) is 0 Å². The van der Waals surface area contributed by atoms with Gasteiger partial charge in [0.15, 0.2) is 23.1 Å². The van der Waals surface area contributed by atoms with Crippen LogP contribution in [0.25, 0.3) is 44.1 Å². The number of amides is 1. The molecule has 8 aromatic heterocycles. The van der Waals surface area contributed by atoms with Gasteiger partial charge in [-0.25, -0.2) is 19.9 Å². The molecule has 2 atom stereocenters. The first-order valence-corrected chi connectivity index (χ1v) is 48.6. The van der Waals surface area contributed by atoms with Gasteiger partial charge >= 0.3 is 0 Å². The number of allylic oxidation sites excluding steroid dienone is 3. The Morgan fingerprint density at radius 3 is 1.04 bits per heavy atom. The molecule has 138 heavy (non-hydrogen) atoms. The molecule has 4 aromatic carbocycles. The lowest BCUT2D eigenvalue weighted by atomic mass is 9.80. The van der Waals surface area contributed by atoms with Crippen LogP contribution in [0.5, 0.6) is 11.5 Å². The van der Waals surface area contributed by atoms with Crippen molar-refractivity contribution in [3.8, 4) is 35.8 Å². The minimum absolute atomic E-state index is 0.0100. The third-order valence-electron chi connectivity index (χ3n) is 29.0. The Morgan fingerprint density at radius 1 is 0.406 bits per heavy atom. The quantitative estimate of drug-likeness (QED) is 0.0455. The number of pyridine rings is 4.